The number of nitrogen functional groups attached to an aromatic ring is 1. The van der Waals surface area contributed by atoms with E-state index in [1.165, 1.54) is 19.0 Å². The molecule has 1 aliphatic rings. The lowest BCUT2D eigenvalue weighted by atomic mass is 10.2. The molecule has 0 bridgehead atoms. The van der Waals surface area contributed by atoms with Crippen LogP contribution >= 0.6 is 0 Å². The third kappa shape index (κ3) is 4.35. The SMILES string of the molecule is C1CCOC1.COc1nn(C)c2cc(NC(=O)c3ncccc3N)ccc12. The van der Waals surface area contributed by atoms with Crippen LogP contribution in [0.25, 0.3) is 10.9 Å². The first-order valence-electron chi connectivity index (χ1n) is 8.70. The molecule has 2 aromatic heterocycles. The summed E-state index contributed by atoms with van der Waals surface area (Å²) in [5.41, 5.74) is 7.78. The Morgan fingerprint density at radius 1 is 1.30 bits per heavy atom. The van der Waals surface area contributed by atoms with E-state index in [0.717, 1.165) is 24.1 Å². The first-order valence-corrected chi connectivity index (χ1v) is 8.70. The van der Waals surface area contributed by atoms with Crippen molar-refractivity contribution >= 4 is 28.2 Å². The van der Waals surface area contributed by atoms with Gasteiger partial charge in [-0.05, 0) is 43.2 Å². The molecule has 3 aromatic rings. The predicted molar refractivity (Wildman–Crippen MR) is 104 cm³/mol. The summed E-state index contributed by atoms with van der Waals surface area (Å²) in [5, 5.41) is 7.91. The van der Waals surface area contributed by atoms with E-state index in [4.69, 9.17) is 15.2 Å². The monoisotopic (exact) mass is 369 g/mol. The maximum Gasteiger partial charge on any atom is 0.276 e. The summed E-state index contributed by atoms with van der Waals surface area (Å²) in [7, 11) is 3.38. The Labute approximate surface area is 157 Å². The number of fused-ring (bicyclic) bond motifs is 1. The van der Waals surface area contributed by atoms with Gasteiger partial charge in [0.05, 0.1) is 23.7 Å². The van der Waals surface area contributed by atoms with Gasteiger partial charge in [-0.1, -0.05) is 0 Å². The second-order valence-electron chi connectivity index (χ2n) is 6.08. The molecule has 0 radical (unpaired) electrons. The minimum atomic E-state index is -0.355. The summed E-state index contributed by atoms with van der Waals surface area (Å²) in [6.45, 7) is 2.00. The van der Waals surface area contributed by atoms with Crippen LogP contribution in [0.3, 0.4) is 0 Å². The maximum absolute atomic E-state index is 12.2. The zero-order valence-electron chi connectivity index (χ0n) is 15.4. The zero-order chi connectivity index (χ0) is 19.2. The van der Waals surface area contributed by atoms with Crippen molar-refractivity contribution in [1.29, 1.82) is 0 Å². The molecule has 1 aliphatic heterocycles. The fraction of sp³-hybridized carbons (Fsp3) is 0.316. The van der Waals surface area contributed by atoms with E-state index in [1.807, 2.05) is 19.2 Å². The van der Waals surface area contributed by atoms with E-state index in [1.54, 1.807) is 30.0 Å². The van der Waals surface area contributed by atoms with Gasteiger partial charge in [0.15, 0.2) is 5.69 Å². The normalized spacial score (nSPS) is 13.1. The Morgan fingerprint density at radius 2 is 2.07 bits per heavy atom. The van der Waals surface area contributed by atoms with Gasteiger partial charge in [0, 0.05) is 32.1 Å². The molecule has 4 rings (SSSR count). The molecule has 27 heavy (non-hydrogen) atoms. The third-order valence-electron chi connectivity index (χ3n) is 4.15. The van der Waals surface area contributed by atoms with E-state index in [2.05, 4.69) is 15.4 Å². The molecule has 0 atom stereocenters. The Kier molecular flexibility index (Phi) is 5.87. The summed E-state index contributed by atoms with van der Waals surface area (Å²) in [5.74, 6) is 0.191. The fourth-order valence-corrected chi connectivity index (χ4v) is 2.76. The summed E-state index contributed by atoms with van der Waals surface area (Å²) in [4.78, 5) is 16.2. The van der Waals surface area contributed by atoms with Crippen molar-refractivity contribution in [3.63, 3.8) is 0 Å². The summed E-state index contributed by atoms with van der Waals surface area (Å²) < 4.78 is 11.8. The number of rotatable bonds is 3. The molecule has 0 aliphatic carbocycles. The van der Waals surface area contributed by atoms with Gasteiger partial charge in [-0.2, -0.15) is 0 Å². The Hall–Kier alpha value is -3.13. The van der Waals surface area contributed by atoms with Crippen LogP contribution in [0, 0.1) is 0 Å². The molecule has 0 spiro atoms. The quantitative estimate of drug-likeness (QED) is 0.735. The number of carbonyl (C=O) groups is 1. The summed E-state index contributed by atoms with van der Waals surface area (Å²) >= 11 is 0. The molecule has 1 aromatic carbocycles. The average Bonchev–Trinajstić information content (AvgIpc) is 3.34. The minimum absolute atomic E-state index is 0.199. The smallest absolute Gasteiger partial charge is 0.276 e. The van der Waals surface area contributed by atoms with Crippen molar-refractivity contribution in [2.24, 2.45) is 7.05 Å². The fourth-order valence-electron chi connectivity index (χ4n) is 2.76. The first-order chi connectivity index (χ1) is 13.1. The lowest BCUT2D eigenvalue weighted by Gasteiger charge is -2.07. The molecule has 1 amide bonds. The number of carbonyl (C=O) groups excluding carboxylic acids is 1. The topological polar surface area (TPSA) is 104 Å². The maximum atomic E-state index is 12.2. The van der Waals surface area contributed by atoms with Crippen molar-refractivity contribution in [3.8, 4) is 5.88 Å². The van der Waals surface area contributed by atoms with Gasteiger partial charge in [0.2, 0.25) is 5.88 Å². The highest BCUT2D eigenvalue weighted by molar-refractivity contribution is 6.06. The molecular weight excluding hydrogens is 346 g/mol. The molecule has 0 unspecified atom stereocenters. The number of methoxy groups -OCH3 is 1. The van der Waals surface area contributed by atoms with E-state index >= 15 is 0 Å². The molecule has 0 saturated carbocycles. The van der Waals surface area contributed by atoms with E-state index in [-0.39, 0.29) is 11.6 Å². The van der Waals surface area contributed by atoms with Crippen LogP contribution in [0.1, 0.15) is 23.3 Å². The molecule has 3 heterocycles. The second kappa shape index (κ2) is 8.50. The Bertz CT molecular complexity index is 927. The van der Waals surface area contributed by atoms with Crippen LogP contribution in [-0.2, 0) is 11.8 Å². The van der Waals surface area contributed by atoms with Crippen molar-refractivity contribution in [3.05, 3.63) is 42.2 Å². The van der Waals surface area contributed by atoms with Gasteiger partial charge in [-0.15, -0.1) is 5.10 Å². The van der Waals surface area contributed by atoms with Crippen LogP contribution in [0.15, 0.2) is 36.5 Å². The van der Waals surface area contributed by atoms with Gasteiger partial charge in [-0.3, -0.25) is 9.48 Å². The molecule has 1 fully saturated rings. The van der Waals surface area contributed by atoms with Crippen molar-refractivity contribution in [1.82, 2.24) is 14.8 Å². The summed E-state index contributed by atoms with van der Waals surface area (Å²) in [6.07, 6.45) is 4.08. The van der Waals surface area contributed by atoms with Gasteiger partial charge >= 0.3 is 0 Å². The molecule has 8 heteroatoms. The van der Waals surface area contributed by atoms with E-state index in [9.17, 15) is 4.79 Å². The third-order valence-corrected chi connectivity index (χ3v) is 4.15. The summed E-state index contributed by atoms with van der Waals surface area (Å²) in [6, 6.07) is 8.77. The largest absolute Gasteiger partial charge is 0.479 e. The highest BCUT2D eigenvalue weighted by atomic mass is 16.5. The number of anilines is 2. The van der Waals surface area contributed by atoms with Gasteiger partial charge in [-0.25, -0.2) is 4.98 Å². The molecular formula is C19H23N5O3. The van der Waals surface area contributed by atoms with E-state index in [0.29, 0.717) is 17.3 Å². The number of ether oxygens (including phenoxy) is 2. The highest BCUT2D eigenvalue weighted by Gasteiger charge is 2.13. The highest BCUT2D eigenvalue weighted by Crippen LogP contribution is 2.27. The Balaban J connectivity index is 0.000000364. The number of hydrogen-bond acceptors (Lipinski definition) is 6. The van der Waals surface area contributed by atoms with Crippen LogP contribution in [0.5, 0.6) is 5.88 Å². The lowest BCUT2D eigenvalue weighted by Crippen LogP contribution is -2.15. The number of nitrogens with one attached hydrogen (secondary N) is 1. The van der Waals surface area contributed by atoms with Gasteiger partial charge in [0.25, 0.3) is 5.91 Å². The number of amides is 1. The first kappa shape index (κ1) is 18.7. The van der Waals surface area contributed by atoms with Crippen molar-refractivity contribution in [2.75, 3.05) is 31.4 Å². The van der Waals surface area contributed by atoms with E-state index < -0.39 is 0 Å². The number of benzene rings is 1. The number of nitrogens with zero attached hydrogens (tertiary/aromatic N) is 3. The van der Waals surface area contributed by atoms with Crippen molar-refractivity contribution in [2.45, 2.75) is 12.8 Å². The van der Waals surface area contributed by atoms with Crippen LogP contribution < -0.4 is 15.8 Å². The molecule has 3 N–H and O–H groups in total. The minimum Gasteiger partial charge on any atom is -0.479 e. The molecule has 142 valence electrons. The van der Waals surface area contributed by atoms with Crippen LogP contribution in [0.4, 0.5) is 11.4 Å². The second-order valence-corrected chi connectivity index (χ2v) is 6.08. The number of pyridine rings is 1. The van der Waals surface area contributed by atoms with Crippen LogP contribution in [0.2, 0.25) is 0 Å². The number of aryl methyl sites for hydroxylation is 1. The number of aromatic nitrogens is 3. The lowest BCUT2D eigenvalue weighted by molar-refractivity contribution is 0.102. The predicted octanol–water partition coefficient (Wildman–Crippen LogP) is 2.61. The molecule has 8 nitrogen and oxygen atoms in total. The van der Waals surface area contributed by atoms with Crippen molar-refractivity contribution < 1.29 is 14.3 Å². The molecule has 1 saturated heterocycles. The average molecular weight is 369 g/mol. The van der Waals surface area contributed by atoms with Gasteiger partial charge in [0.1, 0.15) is 0 Å². The Morgan fingerprint density at radius 3 is 2.70 bits per heavy atom. The number of hydrogen-bond donors (Lipinski definition) is 2. The van der Waals surface area contributed by atoms with Gasteiger partial charge < -0.3 is 20.5 Å². The standard InChI is InChI=1S/C15H15N5O2.C4H8O/c1-20-12-8-9(5-6-10(12)15(19-20)22-2)18-14(21)13-11(16)4-3-7-17-13;1-2-4-5-3-1/h3-8H,16H2,1-2H3,(H,18,21);1-4H2. The van der Waals surface area contributed by atoms with Crippen LogP contribution in [-0.4, -0.2) is 41.0 Å². The zero-order valence-corrected chi connectivity index (χ0v) is 15.4. The number of nitrogens with two attached hydrogens (primary N) is 1.